The van der Waals surface area contributed by atoms with E-state index in [2.05, 4.69) is 40.3 Å². The second-order valence-corrected chi connectivity index (χ2v) is 7.98. The molecule has 0 spiro atoms. The topological polar surface area (TPSA) is 140 Å². The summed E-state index contributed by atoms with van der Waals surface area (Å²) in [7, 11) is 0. The van der Waals surface area contributed by atoms with Crippen LogP contribution in [0.3, 0.4) is 0 Å². The van der Waals surface area contributed by atoms with E-state index in [1.807, 2.05) is 0 Å². The SMILES string of the molecule is O=c1[nH]c(=O)n(-c2ccc(N[C@H]3CC[C@H](Nc4ncc(OC(F)F)cn4)C3)nc2)c2cccnc12. The van der Waals surface area contributed by atoms with E-state index in [9.17, 15) is 18.4 Å². The normalized spacial score (nSPS) is 17.6. The molecular formula is C22H20F2N8O3. The van der Waals surface area contributed by atoms with Crippen molar-refractivity contribution in [3.05, 3.63) is 69.9 Å². The van der Waals surface area contributed by atoms with Crippen LogP contribution in [0.2, 0.25) is 0 Å². The monoisotopic (exact) mass is 482 g/mol. The number of nitrogens with zero attached hydrogens (tertiary/aromatic N) is 5. The lowest BCUT2D eigenvalue weighted by molar-refractivity contribution is -0.0503. The van der Waals surface area contributed by atoms with Crippen LogP contribution in [0, 0.1) is 0 Å². The van der Waals surface area contributed by atoms with Crippen molar-refractivity contribution in [2.45, 2.75) is 38.0 Å². The second-order valence-electron chi connectivity index (χ2n) is 7.98. The van der Waals surface area contributed by atoms with Crippen LogP contribution >= 0.6 is 0 Å². The zero-order valence-electron chi connectivity index (χ0n) is 18.2. The van der Waals surface area contributed by atoms with Gasteiger partial charge in [-0.1, -0.05) is 0 Å². The number of anilines is 2. The number of nitrogens with one attached hydrogen (secondary N) is 3. The molecule has 0 unspecified atom stereocenters. The molecule has 1 fully saturated rings. The average Bonchev–Trinajstić information content (AvgIpc) is 3.28. The number of pyridine rings is 2. The van der Waals surface area contributed by atoms with E-state index in [-0.39, 0.29) is 23.3 Å². The van der Waals surface area contributed by atoms with E-state index < -0.39 is 17.9 Å². The molecule has 4 aromatic rings. The van der Waals surface area contributed by atoms with Crippen LogP contribution in [-0.2, 0) is 0 Å². The summed E-state index contributed by atoms with van der Waals surface area (Å²) in [5, 5.41) is 6.57. The van der Waals surface area contributed by atoms with Gasteiger partial charge in [0.05, 0.1) is 29.8 Å². The Morgan fingerprint density at radius 1 is 1.00 bits per heavy atom. The summed E-state index contributed by atoms with van der Waals surface area (Å²) in [6, 6.07) is 7.06. The molecule has 4 heterocycles. The van der Waals surface area contributed by atoms with Gasteiger partial charge in [0.2, 0.25) is 5.95 Å². The minimum Gasteiger partial charge on any atom is -0.432 e. The van der Waals surface area contributed by atoms with Crippen molar-refractivity contribution >= 4 is 22.8 Å². The first-order valence-corrected chi connectivity index (χ1v) is 10.8. The van der Waals surface area contributed by atoms with Gasteiger partial charge >= 0.3 is 12.3 Å². The lowest BCUT2D eigenvalue weighted by Gasteiger charge is -2.16. The first kappa shape index (κ1) is 22.4. The van der Waals surface area contributed by atoms with Gasteiger partial charge in [0.25, 0.3) is 5.56 Å². The predicted octanol–water partition coefficient (Wildman–Crippen LogP) is 2.31. The Kier molecular flexibility index (Phi) is 6.04. The summed E-state index contributed by atoms with van der Waals surface area (Å²) in [6.07, 6.45) is 7.96. The van der Waals surface area contributed by atoms with Crippen LogP contribution in [0.4, 0.5) is 20.5 Å². The third kappa shape index (κ3) is 4.93. The maximum atomic E-state index is 12.4. The maximum absolute atomic E-state index is 12.4. The summed E-state index contributed by atoms with van der Waals surface area (Å²) in [4.78, 5) is 43.3. The summed E-state index contributed by atoms with van der Waals surface area (Å²) in [5.74, 6) is 0.885. The Morgan fingerprint density at radius 2 is 1.77 bits per heavy atom. The fourth-order valence-electron chi connectivity index (χ4n) is 4.12. The van der Waals surface area contributed by atoms with Gasteiger partial charge in [-0.2, -0.15) is 8.78 Å². The van der Waals surface area contributed by atoms with E-state index >= 15 is 0 Å². The second kappa shape index (κ2) is 9.44. The molecule has 1 aliphatic rings. The van der Waals surface area contributed by atoms with Crippen molar-refractivity contribution in [2.24, 2.45) is 0 Å². The minimum atomic E-state index is -2.92. The zero-order valence-corrected chi connectivity index (χ0v) is 18.2. The van der Waals surface area contributed by atoms with E-state index in [4.69, 9.17) is 0 Å². The number of aromatic amines is 1. The van der Waals surface area contributed by atoms with Gasteiger partial charge < -0.3 is 15.4 Å². The molecule has 0 amide bonds. The number of hydrogen-bond acceptors (Lipinski definition) is 9. The third-order valence-corrected chi connectivity index (χ3v) is 5.64. The van der Waals surface area contributed by atoms with Crippen molar-refractivity contribution < 1.29 is 13.5 Å². The summed E-state index contributed by atoms with van der Waals surface area (Å²) in [6.45, 7) is -2.92. The highest BCUT2D eigenvalue weighted by Crippen LogP contribution is 2.25. The Balaban J connectivity index is 1.23. The van der Waals surface area contributed by atoms with Crippen LogP contribution in [0.15, 0.2) is 58.6 Å². The van der Waals surface area contributed by atoms with Crippen LogP contribution in [-0.4, -0.2) is 48.2 Å². The smallest absolute Gasteiger partial charge is 0.387 e. The molecule has 35 heavy (non-hydrogen) atoms. The number of ether oxygens (including phenoxy) is 1. The summed E-state index contributed by atoms with van der Waals surface area (Å²) in [5.41, 5.74) is -0.0558. The van der Waals surface area contributed by atoms with Crippen LogP contribution in [0.1, 0.15) is 19.3 Å². The minimum absolute atomic E-state index is 0.0978. The molecule has 3 N–H and O–H groups in total. The Hall–Kier alpha value is -4.42. The van der Waals surface area contributed by atoms with Gasteiger partial charge in [-0.05, 0) is 43.5 Å². The quantitative estimate of drug-likeness (QED) is 0.362. The molecule has 4 aromatic heterocycles. The Bertz CT molecular complexity index is 1440. The van der Waals surface area contributed by atoms with Crippen molar-refractivity contribution in [3.8, 4) is 11.4 Å². The van der Waals surface area contributed by atoms with Gasteiger partial charge in [0, 0.05) is 18.3 Å². The molecule has 5 rings (SSSR count). The molecule has 13 heteroatoms. The Labute approximate surface area is 196 Å². The average molecular weight is 482 g/mol. The molecule has 0 aromatic carbocycles. The number of hydrogen-bond donors (Lipinski definition) is 3. The molecular weight excluding hydrogens is 462 g/mol. The van der Waals surface area contributed by atoms with Crippen LogP contribution in [0.5, 0.6) is 5.75 Å². The molecule has 0 radical (unpaired) electrons. The molecule has 180 valence electrons. The first-order chi connectivity index (χ1) is 17.0. The van der Waals surface area contributed by atoms with E-state index in [1.165, 1.54) is 23.2 Å². The highest BCUT2D eigenvalue weighted by molar-refractivity contribution is 5.75. The fraction of sp³-hybridized carbons (Fsp3) is 0.273. The lowest BCUT2D eigenvalue weighted by atomic mass is 10.2. The lowest BCUT2D eigenvalue weighted by Crippen LogP contribution is -2.29. The molecule has 11 nitrogen and oxygen atoms in total. The molecule has 0 saturated heterocycles. The highest BCUT2D eigenvalue weighted by atomic mass is 19.3. The van der Waals surface area contributed by atoms with Crippen molar-refractivity contribution in [1.82, 2.24) is 29.5 Å². The van der Waals surface area contributed by atoms with Gasteiger partial charge in [-0.3, -0.25) is 14.3 Å². The summed E-state index contributed by atoms with van der Waals surface area (Å²) < 4.78 is 30.1. The first-order valence-electron chi connectivity index (χ1n) is 10.8. The largest absolute Gasteiger partial charge is 0.432 e. The van der Waals surface area contributed by atoms with Crippen LogP contribution in [0.25, 0.3) is 16.7 Å². The maximum Gasteiger partial charge on any atom is 0.387 e. The predicted molar refractivity (Wildman–Crippen MR) is 123 cm³/mol. The van der Waals surface area contributed by atoms with Crippen molar-refractivity contribution in [2.75, 3.05) is 10.6 Å². The summed E-state index contributed by atoms with van der Waals surface area (Å²) >= 11 is 0. The molecule has 1 aliphatic carbocycles. The number of fused-ring (bicyclic) bond motifs is 1. The van der Waals surface area contributed by atoms with E-state index in [1.54, 1.807) is 30.5 Å². The fourth-order valence-corrected chi connectivity index (χ4v) is 4.12. The van der Waals surface area contributed by atoms with E-state index in [0.717, 1.165) is 19.3 Å². The van der Waals surface area contributed by atoms with Gasteiger partial charge in [-0.25, -0.2) is 24.7 Å². The van der Waals surface area contributed by atoms with Gasteiger partial charge in [0.15, 0.2) is 11.3 Å². The van der Waals surface area contributed by atoms with Crippen molar-refractivity contribution in [1.29, 1.82) is 0 Å². The number of aromatic nitrogens is 6. The number of rotatable bonds is 7. The van der Waals surface area contributed by atoms with Crippen LogP contribution < -0.4 is 26.6 Å². The molecule has 0 bridgehead atoms. The Morgan fingerprint density at radius 3 is 2.49 bits per heavy atom. The van der Waals surface area contributed by atoms with Crippen molar-refractivity contribution in [3.63, 3.8) is 0 Å². The molecule has 0 aliphatic heterocycles. The third-order valence-electron chi connectivity index (χ3n) is 5.64. The molecule has 2 atom stereocenters. The van der Waals surface area contributed by atoms with Gasteiger partial charge in [-0.15, -0.1) is 0 Å². The number of halogens is 2. The molecule has 1 saturated carbocycles. The number of alkyl halides is 2. The van der Waals surface area contributed by atoms with Gasteiger partial charge in [0.1, 0.15) is 5.82 Å². The van der Waals surface area contributed by atoms with E-state index in [0.29, 0.717) is 23.0 Å². The highest BCUT2D eigenvalue weighted by Gasteiger charge is 2.25. The standard InChI is InChI=1S/C22H20F2N8O3/c23-20(24)35-15-10-27-21(28-11-15)30-13-4-3-12(8-13)29-17-6-5-14(9-26-17)32-16-2-1-7-25-18(16)19(33)31-22(32)34/h1-2,5-7,9-13,20H,3-4,8H2,(H,26,29)(H,27,28,30)(H,31,33,34)/t12-,13-/m0/s1. The number of H-pyrrole nitrogens is 1. The zero-order chi connectivity index (χ0) is 24.4.